The summed E-state index contributed by atoms with van der Waals surface area (Å²) in [6.07, 6.45) is -2.81. The molecule has 1 unspecified atom stereocenters. The van der Waals surface area contributed by atoms with Gasteiger partial charge in [-0.3, -0.25) is 0 Å². The van der Waals surface area contributed by atoms with Crippen LogP contribution in [0.2, 0.25) is 0 Å². The summed E-state index contributed by atoms with van der Waals surface area (Å²) in [5.74, 6) is -0.103. The highest BCUT2D eigenvalue weighted by atomic mass is 19.4. The van der Waals surface area contributed by atoms with Crippen molar-refractivity contribution in [3.63, 3.8) is 0 Å². The summed E-state index contributed by atoms with van der Waals surface area (Å²) in [5, 5.41) is 10.3. The van der Waals surface area contributed by atoms with Crippen molar-refractivity contribution in [2.45, 2.75) is 32.0 Å². The zero-order valence-corrected chi connectivity index (χ0v) is 14.9. The van der Waals surface area contributed by atoms with E-state index in [1.807, 2.05) is 18.9 Å². The highest BCUT2D eigenvalue weighted by Gasteiger charge is 2.56. The lowest BCUT2D eigenvalue weighted by Gasteiger charge is -2.31. The highest BCUT2D eigenvalue weighted by Crippen LogP contribution is 2.44. The van der Waals surface area contributed by atoms with E-state index in [-0.39, 0.29) is 12.4 Å². The van der Waals surface area contributed by atoms with Crippen LogP contribution in [-0.4, -0.2) is 56.4 Å². The van der Waals surface area contributed by atoms with Gasteiger partial charge in [-0.05, 0) is 25.5 Å². The maximum absolute atomic E-state index is 13.5. The van der Waals surface area contributed by atoms with Gasteiger partial charge in [0.1, 0.15) is 5.75 Å². The summed E-state index contributed by atoms with van der Waals surface area (Å²) in [4.78, 5) is 5.98. The zero-order valence-electron chi connectivity index (χ0n) is 14.9. The first-order valence-corrected chi connectivity index (χ1v) is 7.99. The Morgan fingerprint density at radius 1 is 1.28 bits per heavy atom. The molecule has 142 valence electrons. The number of nitrogens with zero attached hydrogens (tertiary/aromatic N) is 2. The lowest BCUT2D eigenvalue weighted by molar-refractivity contribution is -0.282. The second-order valence-electron chi connectivity index (χ2n) is 5.61. The molecule has 25 heavy (non-hydrogen) atoms. The van der Waals surface area contributed by atoms with Crippen LogP contribution < -0.4 is 4.74 Å². The Hall–Kier alpha value is -1.80. The molecule has 1 atom stereocenters. The monoisotopic (exact) mass is 362 g/mol. The standard InChI is InChI=1S/C17H25F3N2O3/c1-5-9-25-11-16(23,17(18,19)20)14-8-7-13(10-15(14)24-4)21-12-22(3)6-2/h7-8,10,12,23H,5-6,9,11H2,1-4H3. The number of aliphatic imine (C=N–C) groups is 1. The molecule has 0 fully saturated rings. The van der Waals surface area contributed by atoms with Crippen LogP contribution in [0.25, 0.3) is 0 Å². The molecule has 1 rings (SSSR count). The number of ether oxygens (including phenoxy) is 2. The molecule has 1 N–H and O–H groups in total. The van der Waals surface area contributed by atoms with Gasteiger partial charge in [0, 0.05) is 31.8 Å². The number of halogens is 3. The first-order chi connectivity index (χ1) is 11.7. The Bertz CT molecular complexity index is 579. The Labute approximate surface area is 146 Å². The molecule has 0 heterocycles. The molecule has 0 aromatic heterocycles. The zero-order chi connectivity index (χ0) is 19.1. The second kappa shape index (κ2) is 9.05. The van der Waals surface area contributed by atoms with Crippen LogP contribution in [0.4, 0.5) is 18.9 Å². The summed E-state index contributed by atoms with van der Waals surface area (Å²) >= 11 is 0. The fraction of sp³-hybridized carbons (Fsp3) is 0.588. The van der Waals surface area contributed by atoms with E-state index in [9.17, 15) is 18.3 Å². The van der Waals surface area contributed by atoms with Gasteiger partial charge >= 0.3 is 6.18 Å². The Kier molecular flexibility index (Phi) is 7.69. The predicted molar refractivity (Wildman–Crippen MR) is 90.5 cm³/mol. The first-order valence-electron chi connectivity index (χ1n) is 7.99. The summed E-state index contributed by atoms with van der Waals surface area (Å²) in [7, 11) is 3.07. The van der Waals surface area contributed by atoms with Gasteiger partial charge in [-0.15, -0.1) is 0 Å². The van der Waals surface area contributed by atoms with Gasteiger partial charge in [-0.25, -0.2) is 4.99 Å². The average Bonchev–Trinajstić information content (AvgIpc) is 2.58. The van der Waals surface area contributed by atoms with Crippen LogP contribution in [0.5, 0.6) is 5.75 Å². The van der Waals surface area contributed by atoms with Crippen molar-refractivity contribution in [3.8, 4) is 5.75 Å². The quantitative estimate of drug-likeness (QED) is 0.415. The third-order valence-electron chi connectivity index (χ3n) is 3.66. The van der Waals surface area contributed by atoms with E-state index in [0.29, 0.717) is 12.1 Å². The number of benzene rings is 1. The van der Waals surface area contributed by atoms with Crippen LogP contribution in [0.3, 0.4) is 0 Å². The van der Waals surface area contributed by atoms with Crippen molar-refractivity contribution in [2.75, 3.05) is 33.9 Å². The number of hydrogen-bond acceptors (Lipinski definition) is 4. The maximum atomic E-state index is 13.5. The third kappa shape index (κ3) is 5.34. The maximum Gasteiger partial charge on any atom is 0.423 e. The van der Waals surface area contributed by atoms with Crippen molar-refractivity contribution < 1.29 is 27.8 Å². The van der Waals surface area contributed by atoms with E-state index < -0.39 is 23.9 Å². The van der Waals surface area contributed by atoms with Gasteiger partial charge in [-0.1, -0.05) is 6.92 Å². The smallest absolute Gasteiger partial charge is 0.423 e. The minimum atomic E-state index is -4.92. The molecule has 1 aromatic carbocycles. The van der Waals surface area contributed by atoms with E-state index in [1.165, 1.54) is 25.3 Å². The lowest BCUT2D eigenvalue weighted by atomic mass is 9.92. The lowest BCUT2D eigenvalue weighted by Crippen LogP contribution is -2.46. The van der Waals surface area contributed by atoms with Gasteiger partial charge in [0.15, 0.2) is 0 Å². The molecule has 0 saturated carbocycles. The predicted octanol–water partition coefficient (Wildman–Crippen LogP) is 3.48. The number of hydrogen-bond donors (Lipinski definition) is 1. The topological polar surface area (TPSA) is 54.3 Å². The van der Waals surface area contributed by atoms with Gasteiger partial charge in [-0.2, -0.15) is 13.2 Å². The van der Waals surface area contributed by atoms with E-state index in [4.69, 9.17) is 9.47 Å². The molecule has 0 aliphatic heterocycles. The van der Waals surface area contributed by atoms with E-state index >= 15 is 0 Å². The highest BCUT2D eigenvalue weighted by molar-refractivity contribution is 5.62. The second-order valence-corrected chi connectivity index (χ2v) is 5.61. The number of rotatable bonds is 9. The molecule has 0 aliphatic carbocycles. The van der Waals surface area contributed by atoms with E-state index in [1.54, 1.807) is 13.3 Å². The Balaban J connectivity index is 3.24. The summed E-state index contributed by atoms with van der Waals surface area (Å²) in [5.41, 5.74) is -3.14. The molecule has 5 nitrogen and oxygen atoms in total. The molecule has 0 saturated heterocycles. The normalized spacial score (nSPS) is 14.6. The molecule has 8 heteroatoms. The van der Waals surface area contributed by atoms with Gasteiger partial charge in [0.25, 0.3) is 0 Å². The fourth-order valence-electron chi connectivity index (χ4n) is 2.03. The summed E-state index contributed by atoms with van der Waals surface area (Å²) < 4.78 is 50.6. The van der Waals surface area contributed by atoms with Crippen LogP contribution in [0, 0.1) is 0 Å². The molecule has 1 aromatic rings. The number of aliphatic hydroxyl groups is 1. The summed E-state index contributed by atoms with van der Waals surface area (Å²) in [6.45, 7) is 3.67. The van der Waals surface area contributed by atoms with Crippen LogP contribution in [0.15, 0.2) is 23.2 Å². The molecule has 0 spiro atoms. The van der Waals surface area contributed by atoms with Gasteiger partial charge in [0.2, 0.25) is 5.60 Å². The third-order valence-corrected chi connectivity index (χ3v) is 3.66. The molecule has 0 aliphatic rings. The van der Waals surface area contributed by atoms with Crippen LogP contribution in [0.1, 0.15) is 25.8 Å². The van der Waals surface area contributed by atoms with Crippen molar-refractivity contribution in [1.82, 2.24) is 4.90 Å². The SMILES string of the molecule is CCCOCC(O)(c1ccc(N=CN(C)CC)cc1OC)C(F)(F)F. The van der Waals surface area contributed by atoms with Gasteiger partial charge in [0.05, 0.1) is 25.7 Å². The average molecular weight is 362 g/mol. The van der Waals surface area contributed by atoms with Crippen molar-refractivity contribution in [3.05, 3.63) is 23.8 Å². The number of methoxy groups -OCH3 is 1. The number of alkyl halides is 3. The Morgan fingerprint density at radius 2 is 1.96 bits per heavy atom. The first kappa shape index (κ1) is 21.2. The summed E-state index contributed by atoms with van der Waals surface area (Å²) in [6, 6.07) is 3.92. The van der Waals surface area contributed by atoms with Gasteiger partial charge < -0.3 is 19.5 Å². The molecule has 0 amide bonds. The van der Waals surface area contributed by atoms with Crippen molar-refractivity contribution >= 4 is 12.0 Å². The van der Waals surface area contributed by atoms with Crippen LogP contribution in [-0.2, 0) is 10.3 Å². The van der Waals surface area contributed by atoms with Crippen molar-refractivity contribution in [1.29, 1.82) is 0 Å². The van der Waals surface area contributed by atoms with E-state index in [0.717, 1.165) is 6.54 Å². The minimum absolute atomic E-state index is 0.103. The minimum Gasteiger partial charge on any atom is -0.496 e. The molecular weight excluding hydrogens is 337 g/mol. The van der Waals surface area contributed by atoms with Crippen LogP contribution >= 0.6 is 0 Å². The fourth-order valence-corrected chi connectivity index (χ4v) is 2.03. The molecule has 0 bridgehead atoms. The molecule has 0 radical (unpaired) electrons. The van der Waals surface area contributed by atoms with E-state index in [2.05, 4.69) is 4.99 Å². The largest absolute Gasteiger partial charge is 0.496 e. The Morgan fingerprint density at radius 3 is 2.48 bits per heavy atom. The van der Waals surface area contributed by atoms with Crippen molar-refractivity contribution in [2.24, 2.45) is 4.99 Å². The molecular formula is C17H25F3N2O3.